The van der Waals surface area contributed by atoms with Gasteiger partial charge < -0.3 is 9.47 Å². The molecule has 0 aliphatic rings. The number of Topliss-reactive ketones (excluding diaryl/α,β-unsaturated/α-hetero) is 1. The van der Waals surface area contributed by atoms with E-state index in [9.17, 15) is 4.79 Å². The summed E-state index contributed by atoms with van der Waals surface area (Å²) in [6.45, 7) is 0.533. The van der Waals surface area contributed by atoms with Crippen LogP contribution in [0.15, 0.2) is 47.1 Å². The highest BCUT2D eigenvalue weighted by Gasteiger charge is 2.09. The summed E-state index contributed by atoms with van der Waals surface area (Å²) >= 11 is 3.36. The van der Waals surface area contributed by atoms with Gasteiger partial charge >= 0.3 is 0 Å². The Bertz CT molecular complexity index is 602. The van der Waals surface area contributed by atoms with Gasteiger partial charge in [-0.2, -0.15) is 0 Å². The van der Waals surface area contributed by atoms with Gasteiger partial charge in [0.25, 0.3) is 0 Å². The first-order valence-electron chi connectivity index (χ1n) is 6.55. The van der Waals surface area contributed by atoms with E-state index in [1.165, 1.54) is 0 Å². The summed E-state index contributed by atoms with van der Waals surface area (Å²) in [4.78, 5) is 16.2. The summed E-state index contributed by atoms with van der Waals surface area (Å²) in [6, 6.07) is 11.0. The van der Waals surface area contributed by atoms with E-state index in [1.807, 2.05) is 18.2 Å². The first-order chi connectivity index (χ1) is 10.2. The van der Waals surface area contributed by atoms with Crippen LogP contribution in [0.2, 0.25) is 0 Å². The maximum Gasteiger partial charge on any atom is 0.188 e. The van der Waals surface area contributed by atoms with Crippen molar-refractivity contribution in [2.75, 3.05) is 20.3 Å². The molecule has 0 amide bonds. The highest BCUT2D eigenvalue weighted by molar-refractivity contribution is 9.10. The van der Waals surface area contributed by atoms with Gasteiger partial charge in [-0.05, 0) is 46.3 Å². The van der Waals surface area contributed by atoms with Crippen molar-refractivity contribution in [1.29, 1.82) is 0 Å². The maximum atomic E-state index is 12.0. The van der Waals surface area contributed by atoms with Crippen molar-refractivity contribution in [3.05, 3.63) is 58.3 Å². The zero-order valence-corrected chi connectivity index (χ0v) is 13.3. The lowest BCUT2D eigenvalue weighted by Crippen LogP contribution is -2.11. The fraction of sp³-hybridized carbons (Fsp3) is 0.250. The summed E-state index contributed by atoms with van der Waals surface area (Å²) in [7, 11) is 1.59. The second kappa shape index (κ2) is 7.90. The molecular weight excluding hydrogens is 334 g/mol. The summed E-state index contributed by atoms with van der Waals surface area (Å²) in [6.07, 6.45) is 2.44. The molecule has 2 aromatic rings. The molecule has 0 radical (unpaired) electrons. The van der Waals surface area contributed by atoms with Crippen molar-refractivity contribution in [2.24, 2.45) is 0 Å². The van der Waals surface area contributed by atoms with Gasteiger partial charge in [-0.1, -0.05) is 6.07 Å². The number of carbonyl (C=O) groups is 1. The lowest BCUT2D eigenvalue weighted by atomic mass is 10.1. The average Bonchev–Trinajstić information content (AvgIpc) is 2.52. The number of ether oxygens (including phenoxy) is 2. The minimum absolute atomic E-state index is 0.0561. The predicted octanol–water partition coefficient (Wildman–Crippen LogP) is 3.29. The smallest absolute Gasteiger partial charge is 0.188 e. The summed E-state index contributed by atoms with van der Waals surface area (Å²) in [5, 5.41) is 0. The van der Waals surface area contributed by atoms with E-state index >= 15 is 0 Å². The van der Waals surface area contributed by atoms with Crippen LogP contribution in [0.1, 0.15) is 16.1 Å². The largest absolute Gasteiger partial charge is 0.496 e. The molecule has 0 aliphatic carbocycles. The van der Waals surface area contributed by atoms with E-state index in [0.29, 0.717) is 24.3 Å². The number of ketones is 1. The van der Waals surface area contributed by atoms with Crippen molar-refractivity contribution in [3.63, 3.8) is 0 Å². The number of pyridine rings is 1. The van der Waals surface area contributed by atoms with Crippen LogP contribution in [0.3, 0.4) is 0 Å². The molecule has 110 valence electrons. The molecule has 0 N–H and O–H groups in total. The van der Waals surface area contributed by atoms with Gasteiger partial charge in [0.2, 0.25) is 0 Å². The normalized spacial score (nSPS) is 10.4. The molecule has 2 rings (SSSR count). The topological polar surface area (TPSA) is 48.4 Å². The second-order valence-electron chi connectivity index (χ2n) is 4.40. The molecule has 21 heavy (non-hydrogen) atoms. The minimum atomic E-state index is -0.0561. The van der Waals surface area contributed by atoms with Crippen molar-refractivity contribution < 1.29 is 14.3 Å². The van der Waals surface area contributed by atoms with E-state index in [-0.39, 0.29) is 12.4 Å². The van der Waals surface area contributed by atoms with E-state index in [1.54, 1.807) is 31.5 Å². The number of methoxy groups -OCH3 is 1. The number of rotatable bonds is 7. The van der Waals surface area contributed by atoms with E-state index in [4.69, 9.17) is 9.47 Å². The van der Waals surface area contributed by atoms with Gasteiger partial charge in [-0.15, -0.1) is 0 Å². The van der Waals surface area contributed by atoms with Gasteiger partial charge in [-0.25, -0.2) is 0 Å². The van der Waals surface area contributed by atoms with Crippen LogP contribution in [0.5, 0.6) is 5.75 Å². The molecule has 0 spiro atoms. The number of benzene rings is 1. The Morgan fingerprint density at radius 2 is 2.14 bits per heavy atom. The molecule has 1 aromatic carbocycles. The number of halogens is 1. The Labute approximate surface area is 132 Å². The van der Waals surface area contributed by atoms with Gasteiger partial charge in [-0.3, -0.25) is 9.78 Å². The number of hydrogen-bond donors (Lipinski definition) is 0. The highest BCUT2D eigenvalue weighted by Crippen LogP contribution is 2.25. The number of hydrogen-bond acceptors (Lipinski definition) is 4. The van der Waals surface area contributed by atoms with Crippen LogP contribution >= 0.6 is 15.9 Å². The summed E-state index contributed by atoms with van der Waals surface area (Å²) in [5.41, 5.74) is 1.55. The molecule has 0 atom stereocenters. The van der Waals surface area contributed by atoms with Gasteiger partial charge in [0.05, 0.1) is 18.2 Å². The quantitative estimate of drug-likeness (QED) is 0.568. The van der Waals surface area contributed by atoms with Crippen LogP contribution in [0.25, 0.3) is 0 Å². The van der Waals surface area contributed by atoms with E-state index in [0.717, 1.165) is 10.2 Å². The Hall–Kier alpha value is -1.72. The number of nitrogens with zero attached hydrogens (tertiary/aromatic N) is 1. The van der Waals surface area contributed by atoms with Crippen LogP contribution in [-0.4, -0.2) is 31.1 Å². The minimum Gasteiger partial charge on any atom is -0.496 e. The molecule has 0 saturated heterocycles. The summed E-state index contributed by atoms with van der Waals surface area (Å²) < 4.78 is 11.3. The molecule has 1 heterocycles. The molecule has 0 bridgehead atoms. The molecule has 0 saturated carbocycles. The van der Waals surface area contributed by atoms with Crippen LogP contribution < -0.4 is 4.74 Å². The first kappa shape index (κ1) is 15.7. The second-order valence-corrected chi connectivity index (χ2v) is 5.25. The Morgan fingerprint density at radius 1 is 1.29 bits per heavy atom. The lowest BCUT2D eigenvalue weighted by Gasteiger charge is -2.06. The molecular formula is C16H16BrNO3. The average molecular weight is 350 g/mol. The van der Waals surface area contributed by atoms with Crippen molar-refractivity contribution in [3.8, 4) is 5.75 Å². The molecule has 5 heteroatoms. The number of carbonyl (C=O) groups excluding carboxylic acids is 1. The third kappa shape index (κ3) is 4.65. The fourth-order valence-corrected chi connectivity index (χ4v) is 2.35. The zero-order chi connectivity index (χ0) is 15.1. The van der Waals surface area contributed by atoms with E-state index in [2.05, 4.69) is 20.9 Å². The molecule has 0 aliphatic heterocycles. The van der Waals surface area contributed by atoms with Crippen molar-refractivity contribution in [2.45, 2.75) is 6.42 Å². The maximum absolute atomic E-state index is 12.0. The van der Waals surface area contributed by atoms with Crippen molar-refractivity contribution >= 4 is 21.7 Å². The van der Waals surface area contributed by atoms with Crippen LogP contribution in [-0.2, 0) is 11.2 Å². The SMILES string of the molecule is COc1ccc(C(=O)COCCc2ccccn2)cc1Br. The van der Waals surface area contributed by atoms with Crippen LogP contribution in [0, 0.1) is 0 Å². The highest BCUT2D eigenvalue weighted by atomic mass is 79.9. The third-order valence-corrected chi connectivity index (χ3v) is 3.56. The summed E-state index contributed by atoms with van der Waals surface area (Å²) in [5.74, 6) is 0.641. The predicted molar refractivity (Wildman–Crippen MR) is 83.8 cm³/mol. The fourth-order valence-electron chi connectivity index (χ4n) is 1.81. The third-order valence-electron chi connectivity index (χ3n) is 2.94. The van der Waals surface area contributed by atoms with E-state index < -0.39 is 0 Å². The standard InChI is InChI=1S/C16H16BrNO3/c1-20-16-6-5-12(10-14(16)17)15(19)11-21-9-7-13-4-2-3-8-18-13/h2-6,8,10H,7,9,11H2,1H3. The Kier molecular flexibility index (Phi) is 5.90. The van der Waals surface area contributed by atoms with Gasteiger partial charge in [0.1, 0.15) is 12.4 Å². The Morgan fingerprint density at radius 3 is 2.81 bits per heavy atom. The Balaban J connectivity index is 1.80. The molecule has 0 unspecified atom stereocenters. The zero-order valence-electron chi connectivity index (χ0n) is 11.7. The monoisotopic (exact) mass is 349 g/mol. The van der Waals surface area contributed by atoms with Crippen LogP contribution in [0.4, 0.5) is 0 Å². The number of aromatic nitrogens is 1. The molecule has 0 fully saturated rings. The lowest BCUT2D eigenvalue weighted by molar-refractivity contribution is 0.0764. The van der Waals surface area contributed by atoms with Gasteiger partial charge in [0.15, 0.2) is 5.78 Å². The first-order valence-corrected chi connectivity index (χ1v) is 7.34. The molecule has 1 aromatic heterocycles. The van der Waals surface area contributed by atoms with Crippen molar-refractivity contribution in [1.82, 2.24) is 4.98 Å². The molecule has 4 nitrogen and oxygen atoms in total. The van der Waals surface area contributed by atoms with Gasteiger partial charge in [0, 0.05) is 23.9 Å².